The van der Waals surface area contributed by atoms with Gasteiger partial charge in [-0.25, -0.2) is 0 Å². The Morgan fingerprint density at radius 2 is 2.00 bits per heavy atom. The SMILES string of the molecule is [Au+].[c-]1cc2ccccc2[nH]1. The molecule has 0 amide bonds. The molecule has 0 aliphatic rings. The molecule has 1 N–H and O–H groups in total. The number of H-pyrrole nitrogens is 1. The number of hydrogen-bond donors (Lipinski definition) is 1. The number of benzene rings is 1. The molecule has 1 aromatic carbocycles. The van der Waals surface area contributed by atoms with Crippen molar-refractivity contribution >= 4 is 10.9 Å². The molecular weight excluding hydrogens is 307 g/mol. The Balaban J connectivity index is 0.000000500. The van der Waals surface area contributed by atoms with E-state index in [-0.39, 0.29) is 22.4 Å². The number of aromatic nitrogens is 1. The Hall–Kier alpha value is -0.500. The van der Waals surface area contributed by atoms with Gasteiger partial charge in [0.25, 0.3) is 0 Å². The first-order valence-corrected chi connectivity index (χ1v) is 2.90. The maximum atomic E-state index is 2.99. The molecule has 1 heterocycles. The predicted octanol–water partition coefficient (Wildman–Crippen LogP) is 1.97. The third-order valence-electron chi connectivity index (χ3n) is 1.40. The number of aromatic amines is 1. The van der Waals surface area contributed by atoms with Gasteiger partial charge in [0, 0.05) is 0 Å². The summed E-state index contributed by atoms with van der Waals surface area (Å²) in [4.78, 5) is 2.99. The number of para-hydroxylation sites is 1. The first-order chi connectivity index (χ1) is 4.47. The van der Waals surface area contributed by atoms with Crippen molar-refractivity contribution in [3.63, 3.8) is 0 Å². The van der Waals surface area contributed by atoms with Crippen molar-refractivity contribution < 1.29 is 22.4 Å². The summed E-state index contributed by atoms with van der Waals surface area (Å²) in [6, 6.07) is 10.1. The van der Waals surface area contributed by atoms with E-state index in [2.05, 4.69) is 17.2 Å². The van der Waals surface area contributed by atoms with Gasteiger partial charge < -0.3 is 4.98 Å². The van der Waals surface area contributed by atoms with Gasteiger partial charge in [-0.3, -0.25) is 0 Å². The molecule has 1 aromatic heterocycles. The van der Waals surface area contributed by atoms with Crippen LogP contribution in [0.15, 0.2) is 30.3 Å². The third kappa shape index (κ3) is 1.16. The Kier molecular flexibility index (Phi) is 2.33. The fourth-order valence-electron chi connectivity index (χ4n) is 0.928. The zero-order valence-corrected chi connectivity index (χ0v) is 7.35. The molecule has 0 unspecified atom stereocenters. The fourth-order valence-corrected chi connectivity index (χ4v) is 0.928. The maximum absolute atomic E-state index is 2.99. The molecule has 0 fully saturated rings. The normalized spacial score (nSPS) is 9.20. The second-order valence-corrected chi connectivity index (χ2v) is 2.00. The van der Waals surface area contributed by atoms with Gasteiger partial charge in [-0.05, 0) is 0 Å². The summed E-state index contributed by atoms with van der Waals surface area (Å²) >= 11 is 0. The van der Waals surface area contributed by atoms with Gasteiger partial charge in [0.15, 0.2) is 0 Å². The summed E-state index contributed by atoms with van der Waals surface area (Å²) in [5.74, 6) is 0. The summed E-state index contributed by atoms with van der Waals surface area (Å²) in [6.07, 6.45) is 2.91. The maximum Gasteiger partial charge on any atom is 1.00 e. The minimum absolute atomic E-state index is 0. The molecule has 2 heteroatoms. The summed E-state index contributed by atoms with van der Waals surface area (Å²) in [5, 5.41) is 1.22. The summed E-state index contributed by atoms with van der Waals surface area (Å²) in [6.45, 7) is 0. The molecule has 0 aliphatic heterocycles. The van der Waals surface area contributed by atoms with E-state index in [1.54, 1.807) is 0 Å². The van der Waals surface area contributed by atoms with Gasteiger partial charge in [-0.15, -0.1) is 23.8 Å². The molecule has 0 bridgehead atoms. The molecule has 0 saturated carbocycles. The molecular formula is C8H6AuN. The van der Waals surface area contributed by atoms with Crippen LogP contribution in [0.25, 0.3) is 10.9 Å². The van der Waals surface area contributed by atoms with Crippen LogP contribution in [0.5, 0.6) is 0 Å². The number of hydrogen-bond acceptors (Lipinski definition) is 0. The van der Waals surface area contributed by atoms with E-state index in [0.29, 0.717) is 0 Å². The van der Waals surface area contributed by atoms with E-state index in [9.17, 15) is 0 Å². The Labute approximate surface area is 75.0 Å². The molecule has 0 saturated heterocycles. The van der Waals surface area contributed by atoms with Crippen molar-refractivity contribution in [3.8, 4) is 0 Å². The zero-order valence-electron chi connectivity index (χ0n) is 5.19. The van der Waals surface area contributed by atoms with E-state index < -0.39 is 0 Å². The van der Waals surface area contributed by atoms with Crippen LogP contribution in [0, 0.1) is 6.20 Å². The van der Waals surface area contributed by atoms with Crippen LogP contribution in [-0.4, -0.2) is 4.98 Å². The van der Waals surface area contributed by atoms with E-state index in [4.69, 9.17) is 0 Å². The smallest absolute Gasteiger partial charge is 0.477 e. The Bertz CT molecular complexity index is 283. The van der Waals surface area contributed by atoms with Crippen LogP contribution in [0.4, 0.5) is 0 Å². The van der Waals surface area contributed by atoms with Gasteiger partial charge in [-0.2, -0.15) is 11.5 Å². The first kappa shape index (κ1) is 7.61. The van der Waals surface area contributed by atoms with Crippen LogP contribution in [0.2, 0.25) is 0 Å². The Morgan fingerprint density at radius 3 is 2.80 bits per heavy atom. The average Bonchev–Trinajstić information content (AvgIpc) is 2.33. The van der Waals surface area contributed by atoms with Crippen LogP contribution in [0.1, 0.15) is 0 Å². The molecule has 0 aliphatic carbocycles. The average molecular weight is 313 g/mol. The van der Waals surface area contributed by atoms with Crippen molar-refractivity contribution in [1.29, 1.82) is 0 Å². The van der Waals surface area contributed by atoms with E-state index in [0.717, 1.165) is 5.52 Å². The molecule has 54 valence electrons. The summed E-state index contributed by atoms with van der Waals surface area (Å²) < 4.78 is 0. The van der Waals surface area contributed by atoms with Crippen LogP contribution < -0.4 is 0 Å². The van der Waals surface area contributed by atoms with E-state index in [1.165, 1.54) is 5.39 Å². The van der Waals surface area contributed by atoms with Crippen molar-refractivity contribution in [3.05, 3.63) is 36.5 Å². The minimum Gasteiger partial charge on any atom is -0.477 e. The minimum atomic E-state index is 0. The van der Waals surface area contributed by atoms with Crippen molar-refractivity contribution in [2.45, 2.75) is 0 Å². The predicted molar refractivity (Wildman–Crippen MR) is 37.1 cm³/mol. The first-order valence-electron chi connectivity index (χ1n) is 2.90. The van der Waals surface area contributed by atoms with Gasteiger partial charge in [0.05, 0.1) is 0 Å². The monoisotopic (exact) mass is 313 g/mol. The van der Waals surface area contributed by atoms with Crippen LogP contribution in [0.3, 0.4) is 0 Å². The second-order valence-electron chi connectivity index (χ2n) is 2.00. The molecule has 10 heavy (non-hydrogen) atoms. The summed E-state index contributed by atoms with van der Waals surface area (Å²) in [5.41, 5.74) is 1.15. The van der Waals surface area contributed by atoms with E-state index >= 15 is 0 Å². The van der Waals surface area contributed by atoms with Crippen LogP contribution in [-0.2, 0) is 22.4 Å². The fraction of sp³-hybridized carbons (Fsp3) is 0. The van der Waals surface area contributed by atoms with E-state index in [1.807, 2.05) is 24.3 Å². The number of nitrogens with one attached hydrogen (secondary N) is 1. The third-order valence-corrected chi connectivity index (χ3v) is 1.40. The number of rotatable bonds is 0. The Morgan fingerprint density at radius 1 is 1.20 bits per heavy atom. The van der Waals surface area contributed by atoms with Gasteiger partial charge in [-0.1, -0.05) is 12.1 Å². The zero-order chi connectivity index (χ0) is 6.10. The quantitative estimate of drug-likeness (QED) is 0.565. The molecule has 2 rings (SSSR count). The number of fused-ring (bicyclic) bond motifs is 1. The van der Waals surface area contributed by atoms with Gasteiger partial charge >= 0.3 is 22.4 Å². The van der Waals surface area contributed by atoms with Gasteiger partial charge in [0.1, 0.15) is 0 Å². The molecule has 0 atom stereocenters. The van der Waals surface area contributed by atoms with Crippen molar-refractivity contribution in [1.82, 2.24) is 4.98 Å². The molecule has 0 radical (unpaired) electrons. The van der Waals surface area contributed by atoms with Crippen LogP contribution >= 0.6 is 0 Å². The van der Waals surface area contributed by atoms with Crippen molar-refractivity contribution in [2.24, 2.45) is 0 Å². The standard InChI is InChI=1S/C8H6N.Au/c1-2-4-8-7(3-1)5-6-9-8;/h1-5,9H;/q-1;+1. The molecule has 1 nitrogen and oxygen atoms in total. The largest absolute Gasteiger partial charge is 1.00 e. The van der Waals surface area contributed by atoms with Gasteiger partial charge in [0.2, 0.25) is 0 Å². The second kappa shape index (κ2) is 3.06. The molecule has 0 spiro atoms. The molecule has 2 aromatic rings. The summed E-state index contributed by atoms with van der Waals surface area (Å²) in [7, 11) is 0. The van der Waals surface area contributed by atoms with Crippen molar-refractivity contribution in [2.75, 3.05) is 0 Å². The topological polar surface area (TPSA) is 15.8 Å².